The lowest BCUT2D eigenvalue weighted by Crippen LogP contribution is -2.49. The van der Waals surface area contributed by atoms with Gasteiger partial charge in [-0.3, -0.25) is 4.90 Å². The Morgan fingerprint density at radius 2 is 2.18 bits per heavy atom. The average molecular weight is 256 g/mol. The summed E-state index contributed by atoms with van der Waals surface area (Å²) < 4.78 is 25.2. The largest absolute Gasteiger partial charge is 0.333 e. The van der Waals surface area contributed by atoms with Crippen LogP contribution in [0.4, 0.5) is 0 Å². The van der Waals surface area contributed by atoms with Gasteiger partial charge in [-0.2, -0.15) is 0 Å². The molecule has 0 aromatic carbocycles. The fourth-order valence-electron chi connectivity index (χ4n) is 2.71. The van der Waals surface area contributed by atoms with Crippen LogP contribution in [0.5, 0.6) is 0 Å². The molecule has 2 N–H and O–H groups in total. The number of fused-ring (bicyclic) bond motifs is 1. The second-order valence-electron chi connectivity index (χ2n) is 4.82. The first-order chi connectivity index (χ1) is 8.05. The third-order valence-electron chi connectivity index (χ3n) is 3.61. The van der Waals surface area contributed by atoms with Crippen molar-refractivity contribution in [2.75, 3.05) is 18.1 Å². The normalized spacial score (nSPS) is 32.5. The van der Waals surface area contributed by atoms with E-state index in [0.717, 1.165) is 18.9 Å². The molecular formula is C10H16N4O2S. The van der Waals surface area contributed by atoms with Crippen LogP contribution in [-0.4, -0.2) is 53.0 Å². The lowest BCUT2D eigenvalue weighted by atomic mass is 10.1. The van der Waals surface area contributed by atoms with Gasteiger partial charge < -0.3 is 10.3 Å². The van der Waals surface area contributed by atoms with E-state index in [9.17, 15) is 8.42 Å². The third kappa shape index (κ3) is 1.98. The van der Waals surface area contributed by atoms with Crippen LogP contribution in [0.2, 0.25) is 0 Å². The van der Waals surface area contributed by atoms with E-state index in [1.807, 2.05) is 6.20 Å². The molecule has 17 heavy (non-hydrogen) atoms. The van der Waals surface area contributed by atoms with Gasteiger partial charge in [0, 0.05) is 37.6 Å². The molecule has 6 nitrogen and oxygen atoms in total. The summed E-state index contributed by atoms with van der Waals surface area (Å²) in [6, 6.07) is -0.313. The van der Waals surface area contributed by atoms with Crippen molar-refractivity contribution in [1.29, 1.82) is 0 Å². The van der Waals surface area contributed by atoms with E-state index in [1.165, 1.54) is 0 Å². The molecule has 94 valence electrons. The average Bonchev–Trinajstić information content (AvgIpc) is 2.81. The van der Waals surface area contributed by atoms with E-state index in [2.05, 4.69) is 14.5 Å². The Morgan fingerprint density at radius 3 is 2.88 bits per heavy atom. The number of rotatable bonds is 1. The highest BCUT2D eigenvalue weighted by Gasteiger charge is 2.39. The first-order valence-electron chi connectivity index (χ1n) is 5.75. The zero-order valence-corrected chi connectivity index (χ0v) is 10.3. The van der Waals surface area contributed by atoms with Crippen LogP contribution in [-0.2, 0) is 22.9 Å². The van der Waals surface area contributed by atoms with Gasteiger partial charge >= 0.3 is 0 Å². The fraction of sp³-hybridized carbons (Fsp3) is 0.700. The van der Waals surface area contributed by atoms with Crippen LogP contribution < -0.4 is 5.73 Å². The second kappa shape index (κ2) is 3.79. The number of sulfone groups is 1. The number of imidazole rings is 1. The van der Waals surface area contributed by atoms with Crippen LogP contribution in [0, 0.1) is 0 Å². The number of nitrogens with zero attached hydrogens (tertiary/aromatic N) is 3. The summed E-state index contributed by atoms with van der Waals surface area (Å²) in [5, 5.41) is 0. The Balaban J connectivity index is 1.79. The highest BCUT2D eigenvalue weighted by atomic mass is 32.2. The SMILES string of the molecule is NC1CS(=O)(=O)CC1N1CCn2ccnc2C1. The van der Waals surface area contributed by atoms with Gasteiger partial charge in [-0.25, -0.2) is 13.4 Å². The molecule has 2 atom stereocenters. The predicted molar refractivity (Wildman–Crippen MR) is 63.1 cm³/mol. The molecule has 2 unspecified atom stereocenters. The quantitative estimate of drug-likeness (QED) is 0.684. The predicted octanol–water partition coefficient (Wildman–Crippen LogP) is -1.18. The highest BCUT2D eigenvalue weighted by Crippen LogP contribution is 2.21. The molecule has 0 amide bonds. The van der Waals surface area contributed by atoms with Gasteiger partial charge in [0.15, 0.2) is 9.84 Å². The van der Waals surface area contributed by atoms with Crippen LogP contribution in [0.25, 0.3) is 0 Å². The lowest BCUT2D eigenvalue weighted by molar-refractivity contribution is 0.155. The van der Waals surface area contributed by atoms with Crippen LogP contribution in [0.3, 0.4) is 0 Å². The molecule has 2 aliphatic rings. The molecule has 1 aromatic rings. The molecule has 0 bridgehead atoms. The van der Waals surface area contributed by atoms with E-state index in [1.54, 1.807) is 6.20 Å². The molecule has 7 heteroatoms. The van der Waals surface area contributed by atoms with Crippen LogP contribution in [0.15, 0.2) is 12.4 Å². The molecule has 3 rings (SSSR count). The molecule has 1 aromatic heterocycles. The number of hydrogen-bond acceptors (Lipinski definition) is 5. The van der Waals surface area contributed by atoms with E-state index >= 15 is 0 Å². The maximum Gasteiger partial charge on any atom is 0.153 e. The van der Waals surface area contributed by atoms with Gasteiger partial charge in [-0.1, -0.05) is 0 Å². The molecule has 0 spiro atoms. The molecule has 2 aliphatic heterocycles. The maximum atomic E-state index is 11.6. The van der Waals surface area contributed by atoms with Crippen molar-refractivity contribution in [3.63, 3.8) is 0 Å². The monoisotopic (exact) mass is 256 g/mol. The van der Waals surface area contributed by atoms with Crippen molar-refractivity contribution in [2.24, 2.45) is 5.73 Å². The number of aromatic nitrogens is 2. The Morgan fingerprint density at radius 1 is 1.35 bits per heavy atom. The Kier molecular flexibility index (Phi) is 2.49. The first kappa shape index (κ1) is 11.2. The van der Waals surface area contributed by atoms with Crippen molar-refractivity contribution in [1.82, 2.24) is 14.5 Å². The summed E-state index contributed by atoms with van der Waals surface area (Å²) in [5.74, 6) is 1.30. The summed E-state index contributed by atoms with van der Waals surface area (Å²) in [6.07, 6.45) is 3.74. The standard InChI is InChI=1S/C10H16N4O2S/c11-8-6-17(15,16)7-9(8)14-4-3-13-2-1-12-10(13)5-14/h1-2,8-9H,3-7,11H2. The minimum atomic E-state index is -2.95. The van der Waals surface area contributed by atoms with E-state index in [-0.39, 0.29) is 23.6 Å². The zero-order chi connectivity index (χ0) is 12.0. The number of hydrogen-bond donors (Lipinski definition) is 1. The van der Waals surface area contributed by atoms with Crippen molar-refractivity contribution < 1.29 is 8.42 Å². The van der Waals surface area contributed by atoms with Crippen molar-refractivity contribution in [2.45, 2.75) is 25.2 Å². The summed E-state index contributed by atoms with van der Waals surface area (Å²) in [4.78, 5) is 6.42. The third-order valence-corrected chi connectivity index (χ3v) is 5.35. The smallest absolute Gasteiger partial charge is 0.153 e. The van der Waals surface area contributed by atoms with E-state index in [4.69, 9.17) is 5.73 Å². The van der Waals surface area contributed by atoms with Crippen molar-refractivity contribution in [3.05, 3.63) is 18.2 Å². The molecular weight excluding hydrogens is 240 g/mol. The van der Waals surface area contributed by atoms with Gasteiger partial charge in [-0.05, 0) is 0 Å². The summed E-state index contributed by atoms with van der Waals surface area (Å²) in [5.41, 5.74) is 5.93. The second-order valence-corrected chi connectivity index (χ2v) is 6.97. The van der Waals surface area contributed by atoms with Crippen LogP contribution >= 0.6 is 0 Å². The van der Waals surface area contributed by atoms with Crippen LogP contribution in [0.1, 0.15) is 5.82 Å². The van der Waals surface area contributed by atoms with Gasteiger partial charge in [0.1, 0.15) is 5.82 Å². The van der Waals surface area contributed by atoms with E-state index < -0.39 is 9.84 Å². The zero-order valence-electron chi connectivity index (χ0n) is 9.49. The first-order valence-corrected chi connectivity index (χ1v) is 7.57. The molecule has 3 heterocycles. The molecule has 1 saturated heterocycles. The Bertz CT molecular complexity index is 524. The maximum absolute atomic E-state index is 11.6. The molecule has 0 radical (unpaired) electrons. The summed E-state index contributed by atoms with van der Waals surface area (Å²) in [7, 11) is -2.95. The molecule has 0 saturated carbocycles. The van der Waals surface area contributed by atoms with Gasteiger partial charge in [-0.15, -0.1) is 0 Å². The minimum absolute atomic E-state index is 0.0505. The van der Waals surface area contributed by atoms with Crippen molar-refractivity contribution >= 4 is 9.84 Å². The Labute approximate surface area is 100 Å². The van der Waals surface area contributed by atoms with Crippen molar-refractivity contribution in [3.8, 4) is 0 Å². The summed E-state index contributed by atoms with van der Waals surface area (Å²) >= 11 is 0. The highest BCUT2D eigenvalue weighted by molar-refractivity contribution is 7.91. The molecule has 0 aliphatic carbocycles. The minimum Gasteiger partial charge on any atom is -0.333 e. The molecule has 1 fully saturated rings. The lowest BCUT2D eigenvalue weighted by Gasteiger charge is -2.33. The summed E-state index contributed by atoms with van der Waals surface area (Å²) in [6.45, 7) is 2.40. The van der Waals surface area contributed by atoms with Gasteiger partial charge in [0.05, 0.1) is 18.1 Å². The Hall–Kier alpha value is -0.920. The fourth-order valence-corrected chi connectivity index (χ4v) is 4.63. The van der Waals surface area contributed by atoms with Gasteiger partial charge in [0.25, 0.3) is 0 Å². The van der Waals surface area contributed by atoms with Gasteiger partial charge in [0.2, 0.25) is 0 Å². The van der Waals surface area contributed by atoms with E-state index in [0.29, 0.717) is 6.54 Å². The topological polar surface area (TPSA) is 81.2 Å². The number of nitrogens with two attached hydrogens (primary N) is 1.